The molecule has 4 saturated heterocycles. The molecule has 30 heavy (non-hydrogen) atoms. The summed E-state index contributed by atoms with van der Waals surface area (Å²) in [5, 5.41) is 34.7. The predicted molar refractivity (Wildman–Crippen MR) is 92.0 cm³/mol. The van der Waals surface area contributed by atoms with Gasteiger partial charge in [0, 0.05) is 0 Å². The zero-order valence-electron chi connectivity index (χ0n) is 16.9. The Kier molecular flexibility index (Phi) is 2.97. The van der Waals surface area contributed by atoms with E-state index in [1.165, 1.54) is 6.92 Å². The summed E-state index contributed by atoms with van der Waals surface area (Å²) in [4.78, 5) is 38.2. The number of hydrogen-bond acceptors (Lipinski definition) is 10. The van der Waals surface area contributed by atoms with Gasteiger partial charge >= 0.3 is 17.9 Å². The third-order valence-electron chi connectivity index (χ3n) is 9.00. The van der Waals surface area contributed by atoms with E-state index in [0.29, 0.717) is 0 Å². The van der Waals surface area contributed by atoms with Crippen LogP contribution < -0.4 is 0 Å². The van der Waals surface area contributed by atoms with Crippen molar-refractivity contribution < 1.29 is 48.7 Å². The maximum Gasteiger partial charge on any atom is 0.343 e. The average Bonchev–Trinajstić information content (AvgIpc) is 3.35. The first-order valence-corrected chi connectivity index (χ1v) is 10.2. The molecule has 2 aliphatic carbocycles. The van der Waals surface area contributed by atoms with Gasteiger partial charge in [0.2, 0.25) is 11.9 Å². The Morgan fingerprint density at radius 2 is 1.70 bits per heavy atom. The maximum atomic E-state index is 13.4. The highest BCUT2D eigenvalue weighted by molar-refractivity contribution is 5.94. The van der Waals surface area contributed by atoms with E-state index in [2.05, 4.69) is 0 Å². The Morgan fingerprint density at radius 3 is 2.33 bits per heavy atom. The fourth-order valence-electron chi connectivity index (χ4n) is 8.12. The second-order valence-corrected chi connectivity index (χ2v) is 10.7. The summed E-state index contributed by atoms with van der Waals surface area (Å²) in [7, 11) is 0. The molecule has 10 nitrogen and oxygen atoms in total. The minimum absolute atomic E-state index is 0.229. The molecule has 2 spiro atoms. The second kappa shape index (κ2) is 4.69. The van der Waals surface area contributed by atoms with Crippen molar-refractivity contribution in [1.29, 1.82) is 0 Å². The summed E-state index contributed by atoms with van der Waals surface area (Å²) >= 11 is 0. The van der Waals surface area contributed by atoms with Crippen molar-refractivity contribution in [2.45, 2.75) is 76.0 Å². The van der Waals surface area contributed by atoms with E-state index >= 15 is 0 Å². The fourth-order valence-corrected chi connectivity index (χ4v) is 8.12. The van der Waals surface area contributed by atoms with Crippen molar-refractivity contribution in [3.8, 4) is 0 Å². The molecule has 164 valence electrons. The molecule has 4 heterocycles. The van der Waals surface area contributed by atoms with Crippen molar-refractivity contribution in [1.82, 2.24) is 0 Å². The Labute approximate surface area is 171 Å². The zero-order valence-corrected chi connectivity index (χ0v) is 16.9. The van der Waals surface area contributed by atoms with Crippen LogP contribution in [0, 0.1) is 28.1 Å². The number of carbonyl (C=O) groups excluding carboxylic acids is 3. The first kappa shape index (κ1) is 19.0. The van der Waals surface area contributed by atoms with Crippen LogP contribution in [0.15, 0.2) is 0 Å². The van der Waals surface area contributed by atoms with Gasteiger partial charge in [-0.1, -0.05) is 20.8 Å². The van der Waals surface area contributed by atoms with Gasteiger partial charge in [0.05, 0.1) is 16.7 Å². The molecule has 2 saturated carbocycles. The first-order chi connectivity index (χ1) is 13.8. The highest BCUT2D eigenvalue weighted by Gasteiger charge is 3.03. The molecule has 6 rings (SSSR count). The van der Waals surface area contributed by atoms with Crippen molar-refractivity contribution in [3.63, 3.8) is 0 Å². The molecule has 0 aromatic rings. The molecular formula is C20H24O10. The third-order valence-corrected chi connectivity index (χ3v) is 9.00. The van der Waals surface area contributed by atoms with Gasteiger partial charge in [0.15, 0.2) is 17.8 Å². The van der Waals surface area contributed by atoms with Gasteiger partial charge in [0.25, 0.3) is 0 Å². The molecule has 6 fully saturated rings. The van der Waals surface area contributed by atoms with Crippen LogP contribution in [0.25, 0.3) is 0 Å². The lowest BCUT2D eigenvalue weighted by Gasteiger charge is -2.47. The summed E-state index contributed by atoms with van der Waals surface area (Å²) < 4.78 is 22.5. The molecule has 6 aliphatic rings. The van der Waals surface area contributed by atoms with E-state index in [1.54, 1.807) is 0 Å². The highest BCUT2D eigenvalue weighted by atomic mass is 16.8. The Hall–Kier alpha value is -1.75. The second-order valence-electron chi connectivity index (χ2n) is 10.7. The standard InChI is InChI=1S/C20H24O10/c1-6-12(23)28-11-9(21)18-8-5-7(16(2,3)4)17(18)10(22)13(24)29-15(17)30-20(18,14(25)27-8)19(6,11)26/h6-11,15,21-22,26H,5H2,1-4H3/t6-,7-,8+,9+,10+,11-,15-,17+,18-,19+,20-/m1/s1. The number of fused-ring (bicyclic) bond motifs is 1. The summed E-state index contributed by atoms with van der Waals surface area (Å²) in [6.07, 6.45) is -6.91. The normalized spacial score (nSPS) is 60.1. The van der Waals surface area contributed by atoms with Crippen LogP contribution in [-0.2, 0) is 33.3 Å². The van der Waals surface area contributed by atoms with E-state index in [4.69, 9.17) is 18.9 Å². The van der Waals surface area contributed by atoms with Crippen LogP contribution >= 0.6 is 0 Å². The van der Waals surface area contributed by atoms with Crippen LogP contribution in [0.1, 0.15) is 34.1 Å². The van der Waals surface area contributed by atoms with Crippen molar-refractivity contribution in [2.24, 2.45) is 28.1 Å². The lowest BCUT2D eigenvalue weighted by Crippen LogP contribution is -2.67. The molecule has 0 aromatic heterocycles. The lowest BCUT2D eigenvalue weighted by atomic mass is 9.51. The highest BCUT2D eigenvalue weighted by Crippen LogP contribution is 2.84. The molecule has 0 amide bonds. The zero-order chi connectivity index (χ0) is 21.8. The number of hydrogen-bond donors (Lipinski definition) is 3. The maximum absolute atomic E-state index is 13.4. The van der Waals surface area contributed by atoms with Crippen LogP contribution in [0.5, 0.6) is 0 Å². The Balaban J connectivity index is 1.72. The van der Waals surface area contributed by atoms with Gasteiger partial charge in [0.1, 0.15) is 12.2 Å². The predicted octanol–water partition coefficient (Wildman–Crippen LogP) is -1.37. The number of carbonyl (C=O) groups is 3. The smallest absolute Gasteiger partial charge is 0.343 e. The summed E-state index contributed by atoms with van der Waals surface area (Å²) in [6.45, 7) is 7.14. The quantitative estimate of drug-likeness (QED) is 0.314. The van der Waals surface area contributed by atoms with Gasteiger partial charge in [-0.15, -0.1) is 0 Å². The van der Waals surface area contributed by atoms with E-state index in [9.17, 15) is 29.7 Å². The molecular weight excluding hydrogens is 400 g/mol. The minimum atomic E-state index is -2.24. The van der Waals surface area contributed by atoms with Crippen molar-refractivity contribution in [2.75, 3.05) is 0 Å². The average molecular weight is 424 g/mol. The topological polar surface area (TPSA) is 149 Å². The van der Waals surface area contributed by atoms with Crippen LogP contribution in [0.4, 0.5) is 0 Å². The van der Waals surface area contributed by atoms with Crippen molar-refractivity contribution in [3.05, 3.63) is 0 Å². The molecule has 3 N–H and O–H groups in total. The summed E-state index contributed by atoms with van der Waals surface area (Å²) in [6, 6.07) is 0. The first-order valence-electron chi connectivity index (χ1n) is 10.2. The Morgan fingerprint density at radius 1 is 1.03 bits per heavy atom. The molecule has 10 heteroatoms. The van der Waals surface area contributed by atoms with E-state index < -0.39 is 87.9 Å². The number of ether oxygens (including phenoxy) is 4. The number of rotatable bonds is 0. The molecule has 0 bridgehead atoms. The lowest BCUT2D eigenvalue weighted by molar-refractivity contribution is -0.239. The molecule has 0 radical (unpaired) electrons. The fraction of sp³-hybridized carbons (Fsp3) is 0.850. The van der Waals surface area contributed by atoms with Crippen molar-refractivity contribution >= 4 is 17.9 Å². The van der Waals surface area contributed by atoms with E-state index in [0.717, 1.165) is 0 Å². The summed E-state index contributed by atoms with van der Waals surface area (Å²) in [5.74, 6) is -4.32. The molecule has 4 aliphatic heterocycles. The number of aliphatic hydroxyl groups is 3. The van der Waals surface area contributed by atoms with E-state index in [1.807, 2.05) is 20.8 Å². The SMILES string of the molecule is C[C@@H]1C(=O)O[C@@H]2[C@H](O)[C@]34[C@@H]5C[C@H](C(C)(C)C)[C@]36[C@H](OC(=O)[C@@H]6O)O[C@@]4(C(=O)O5)[C@]12O. The molecule has 0 unspecified atom stereocenters. The van der Waals surface area contributed by atoms with Crippen LogP contribution in [-0.4, -0.2) is 75.1 Å². The van der Waals surface area contributed by atoms with Gasteiger partial charge in [-0.2, -0.15) is 0 Å². The largest absolute Gasteiger partial charge is 0.459 e. The monoisotopic (exact) mass is 424 g/mol. The Bertz CT molecular complexity index is 925. The molecule has 0 aromatic carbocycles. The summed E-state index contributed by atoms with van der Waals surface area (Å²) in [5.41, 5.74) is -8.26. The van der Waals surface area contributed by atoms with E-state index in [-0.39, 0.29) is 6.42 Å². The number of esters is 3. The third kappa shape index (κ3) is 1.33. The van der Waals surface area contributed by atoms with Gasteiger partial charge in [-0.25, -0.2) is 9.59 Å². The minimum Gasteiger partial charge on any atom is -0.459 e. The van der Waals surface area contributed by atoms with Crippen LogP contribution in [0.3, 0.4) is 0 Å². The van der Waals surface area contributed by atoms with Gasteiger partial charge < -0.3 is 34.3 Å². The number of aliphatic hydroxyl groups excluding tert-OH is 2. The van der Waals surface area contributed by atoms with Gasteiger partial charge in [-0.3, -0.25) is 4.79 Å². The van der Waals surface area contributed by atoms with Crippen LogP contribution in [0.2, 0.25) is 0 Å². The van der Waals surface area contributed by atoms with Gasteiger partial charge in [-0.05, 0) is 24.7 Å². The molecule has 11 atom stereocenters.